The number of nitrogens with one attached hydrogen (secondary N) is 1. The van der Waals surface area contributed by atoms with E-state index in [-0.39, 0.29) is 22.6 Å². The lowest BCUT2D eigenvalue weighted by molar-refractivity contribution is -0.118. The van der Waals surface area contributed by atoms with E-state index in [0.717, 1.165) is 11.3 Å². The van der Waals surface area contributed by atoms with Gasteiger partial charge < -0.3 is 5.73 Å². The first-order valence-electron chi connectivity index (χ1n) is 11.1. The average Bonchev–Trinajstić information content (AvgIpc) is 3.28. The van der Waals surface area contributed by atoms with Crippen molar-refractivity contribution in [2.45, 2.75) is 32.6 Å². The summed E-state index contributed by atoms with van der Waals surface area (Å²) >= 11 is 0. The van der Waals surface area contributed by atoms with Crippen molar-refractivity contribution in [1.29, 1.82) is 5.26 Å². The lowest BCUT2D eigenvalue weighted by atomic mass is 9.68. The quantitative estimate of drug-likeness (QED) is 0.571. The van der Waals surface area contributed by atoms with Crippen molar-refractivity contribution in [2.24, 2.45) is 11.1 Å². The number of halogens is 1. The van der Waals surface area contributed by atoms with Gasteiger partial charge >= 0.3 is 0 Å². The minimum atomic E-state index is -0.719. The number of benzene rings is 2. The summed E-state index contributed by atoms with van der Waals surface area (Å²) in [5, 5.41) is 17.6. The van der Waals surface area contributed by atoms with Crippen molar-refractivity contribution in [3.05, 3.63) is 94.7 Å². The van der Waals surface area contributed by atoms with E-state index < -0.39 is 11.7 Å². The number of ketones is 1. The number of aromatic nitrogens is 2. The Morgan fingerprint density at radius 1 is 1.15 bits per heavy atom. The molecule has 5 rings (SSSR count). The fraction of sp³-hybridized carbons (Fsp3) is 0.222. The highest BCUT2D eigenvalue weighted by Gasteiger charge is 2.45. The molecule has 1 aromatic heterocycles. The fourth-order valence-electron chi connectivity index (χ4n) is 4.98. The molecule has 3 N–H and O–H groups in total. The number of carbonyl (C=O) groups is 1. The SMILES string of the molecule is CC1(C)CC(=O)C2=C(C1)N(c1cc(-c3ccccc3)[nH]n1)C(N)=C(C#N)C2c1cccc(F)c1. The molecule has 1 unspecified atom stereocenters. The van der Waals surface area contributed by atoms with Gasteiger partial charge in [0.15, 0.2) is 11.6 Å². The summed E-state index contributed by atoms with van der Waals surface area (Å²) in [7, 11) is 0. The minimum absolute atomic E-state index is 0.0652. The molecule has 1 atom stereocenters. The monoisotopic (exact) mass is 453 g/mol. The van der Waals surface area contributed by atoms with E-state index in [1.54, 1.807) is 17.0 Å². The fourth-order valence-corrected chi connectivity index (χ4v) is 4.98. The molecule has 0 bridgehead atoms. The van der Waals surface area contributed by atoms with Crippen molar-refractivity contribution in [3.63, 3.8) is 0 Å². The Bertz CT molecular complexity index is 1390. The van der Waals surface area contributed by atoms with Gasteiger partial charge in [0.25, 0.3) is 0 Å². The van der Waals surface area contributed by atoms with Crippen LogP contribution in [0.5, 0.6) is 0 Å². The molecular weight excluding hydrogens is 429 g/mol. The minimum Gasteiger partial charge on any atom is -0.384 e. The number of H-pyrrole nitrogens is 1. The Labute approximate surface area is 197 Å². The Hall–Kier alpha value is -4.18. The highest BCUT2D eigenvalue weighted by molar-refractivity contribution is 6.01. The maximum absolute atomic E-state index is 14.1. The lowest BCUT2D eigenvalue weighted by Crippen LogP contribution is -2.42. The molecule has 2 heterocycles. The molecule has 0 amide bonds. The van der Waals surface area contributed by atoms with Crippen LogP contribution >= 0.6 is 0 Å². The number of rotatable bonds is 3. The van der Waals surface area contributed by atoms with Gasteiger partial charge in [0, 0.05) is 23.8 Å². The van der Waals surface area contributed by atoms with Crippen LogP contribution in [0.15, 0.2) is 83.3 Å². The van der Waals surface area contributed by atoms with E-state index in [0.29, 0.717) is 35.5 Å². The maximum Gasteiger partial charge on any atom is 0.162 e. The van der Waals surface area contributed by atoms with Crippen molar-refractivity contribution in [2.75, 3.05) is 4.90 Å². The Kier molecular flexibility index (Phi) is 5.09. The Balaban J connectivity index is 1.71. The van der Waals surface area contributed by atoms with Crippen LogP contribution in [0.25, 0.3) is 11.3 Å². The van der Waals surface area contributed by atoms with E-state index in [4.69, 9.17) is 5.73 Å². The third kappa shape index (κ3) is 3.57. The summed E-state index contributed by atoms with van der Waals surface area (Å²) in [6, 6.07) is 19.8. The molecule has 0 saturated carbocycles. The summed E-state index contributed by atoms with van der Waals surface area (Å²) in [5.74, 6) is -0.513. The number of nitriles is 1. The van der Waals surface area contributed by atoms with Crippen LogP contribution < -0.4 is 10.6 Å². The second-order valence-corrected chi connectivity index (χ2v) is 9.54. The molecule has 34 heavy (non-hydrogen) atoms. The van der Waals surface area contributed by atoms with E-state index >= 15 is 0 Å². The van der Waals surface area contributed by atoms with Gasteiger partial charge in [-0.2, -0.15) is 10.4 Å². The second kappa shape index (κ2) is 7.99. The Morgan fingerprint density at radius 3 is 2.62 bits per heavy atom. The molecule has 170 valence electrons. The molecule has 1 aliphatic heterocycles. The molecule has 0 saturated heterocycles. The summed E-state index contributed by atoms with van der Waals surface area (Å²) in [6.45, 7) is 4.06. The normalized spacial score (nSPS) is 19.8. The number of hydrogen-bond acceptors (Lipinski definition) is 5. The number of aromatic amines is 1. The number of hydrogen-bond donors (Lipinski definition) is 2. The molecule has 7 heteroatoms. The highest BCUT2D eigenvalue weighted by atomic mass is 19.1. The molecule has 2 aliphatic rings. The first-order chi connectivity index (χ1) is 16.3. The predicted octanol–water partition coefficient (Wildman–Crippen LogP) is 5.16. The Morgan fingerprint density at radius 2 is 1.91 bits per heavy atom. The molecule has 0 radical (unpaired) electrons. The van der Waals surface area contributed by atoms with Crippen LogP contribution in [0.3, 0.4) is 0 Å². The zero-order chi connectivity index (χ0) is 24.0. The summed E-state index contributed by atoms with van der Waals surface area (Å²) in [6.07, 6.45) is 0.896. The summed E-state index contributed by atoms with van der Waals surface area (Å²) in [5.41, 5.74) is 9.99. The largest absolute Gasteiger partial charge is 0.384 e. The van der Waals surface area contributed by atoms with Crippen LogP contribution in [0, 0.1) is 22.6 Å². The summed E-state index contributed by atoms with van der Waals surface area (Å²) in [4.78, 5) is 15.2. The molecule has 0 spiro atoms. The van der Waals surface area contributed by atoms with Gasteiger partial charge in [0.1, 0.15) is 11.6 Å². The number of nitrogens with zero attached hydrogens (tertiary/aromatic N) is 3. The van der Waals surface area contributed by atoms with Gasteiger partial charge in [-0.05, 0) is 35.1 Å². The van der Waals surface area contributed by atoms with Crippen LogP contribution in [-0.4, -0.2) is 16.0 Å². The van der Waals surface area contributed by atoms with Gasteiger partial charge in [-0.1, -0.05) is 56.3 Å². The zero-order valence-electron chi connectivity index (χ0n) is 19.0. The summed E-state index contributed by atoms with van der Waals surface area (Å²) < 4.78 is 14.1. The first kappa shape index (κ1) is 21.7. The zero-order valence-corrected chi connectivity index (χ0v) is 19.0. The predicted molar refractivity (Wildman–Crippen MR) is 128 cm³/mol. The van der Waals surface area contributed by atoms with E-state index in [9.17, 15) is 14.4 Å². The van der Waals surface area contributed by atoms with E-state index in [1.807, 2.05) is 50.2 Å². The molecule has 3 aromatic rings. The van der Waals surface area contributed by atoms with Gasteiger partial charge in [-0.15, -0.1) is 0 Å². The standard InChI is InChI=1S/C27H24FN5O/c1-27(2)13-21-25(22(34)14-27)24(17-9-6-10-18(28)11-17)19(15-29)26(30)33(21)23-12-20(31-32-23)16-7-4-3-5-8-16/h3-12,24H,13-14,30H2,1-2H3,(H,31,32). The van der Waals surface area contributed by atoms with Crippen LogP contribution in [0.1, 0.15) is 38.2 Å². The van der Waals surface area contributed by atoms with Gasteiger partial charge in [-0.3, -0.25) is 14.8 Å². The topological polar surface area (TPSA) is 98.8 Å². The number of allylic oxidation sites excluding steroid dienone is 3. The third-order valence-corrected chi connectivity index (χ3v) is 6.44. The van der Waals surface area contributed by atoms with Crippen molar-refractivity contribution in [1.82, 2.24) is 10.2 Å². The van der Waals surface area contributed by atoms with Crippen LogP contribution in [0.2, 0.25) is 0 Å². The van der Waals surface area contributed by atoms with E-state index in [1.165, 1.54) is 12.1 Å². The van der Waals surface area contributed by atoms with Gasteiger partial charge in [0.2, 0.25) is 0 Å². The number of nitrogens with two attached hydrogens (primary N) is 1. The molecule has 6 nitrogen and oxygen atoms in total. The van der Waals surface area contributed by atoms with Crippen molar-refractivity contribution < 1.29 is 9.18 Å². The third-order valence-electron chi connectivity index (χ3n) is 6.44. The number of Topliss-reactive ketones (excluding diaryl/α,β-unsaturated/α-hetero) is 1. The second-order valence-electron chi connectivity index (χ2n) is 9.54. The molecular formula is C27H24FN5O. The number of anilines is 1. The van der Waals surface area contributed by atoms with Gasteiger partial charge in [-0.25, -0.2) is 4.39 Å². The smallest absolute Gasteiger partial charge is 0.162 e. The highest BCUT2D eigenvalue weighted by Crippen LogP contribution is 2.50. The lowest BCUT2D eigenvalue weighted by Gasteiger charge is -2.43. The van der Waals surface area contributed by atoms with Crippen LogP contribution in [0.4, 0.5) is 10.2 Å². The van der Waals surface area contributed by atoms with E-state index in [2.05, 4.69) is 16.3 Å². The molecule has 0 fully saturated rings. The van der Waals surface area contributed by atoms with Crippen LogP contribution in [-0.2, 0) is 4.79 Å². The van der Waals surface area contributed by atoms with Gasteiger partial charge in [0.05, 0.1) is 23.3 Å². The number of carbonyl (C=O) groups excluding carboxylic acids is 1. The van der Waals surface area contributed by atoms with Crippen molar-refractivity contribution in [3.8, 4) is 17.3 Å². The average molecular weight is 454 g/mol. The van der Waals surface area contributed by atoms with Crippen molar-refractivity contribution >= 4 is 11.6 Å². The maximum atomic E-state index is 14.1. The first-order valence-corrected chi connectivity index (χ1v) is 11.1. The molecule has 2 aromatic carbocycles. The molecule has 1 aliphatic carbocycles.